The van der Waals surface area contributed by atoms with Gasteiger partial charge in [-0.2, -0.15) is 0 Å². The van der Waals surface area contributed by atoms with Crippen LogP contribution >= 0.6 is 15.9 Å². The average molecular weight is 429 g/mol. The Labute approximate surface area is 154 Å². The molecule has 0 radical (unpaired) electrons. The molecule has 134 valence electrons. The second-order valence-electron chi connectivity index (χ2n) is 5.39. The summed E-state index contributed by atoms with van der Waals surface area (Å²) in [7, 11) is -3.77. The lowest BCUT2D eigenvalue weighted by atomic mass is 10.1. The Bertz CT molecular complexity index is 887. The van der Waals surface area contributed by atoms with Gasteiger partial charge in [-0.15, -0.1) is 0 Å². The largest absolute Gasteiger partial charge is 0.345 e. The van der Waals surface area contributed by atoms with Gasteiger partial charge in [0, 0.05) is 11.0 Å². The number of halogens is 2. The Morgan fingerprint density at radius 1 is 1.24 bits per heavy atom. The fraction of sp³-hybridized carbons (Fsp3) is 0.235. The molecule has 0 bridgehead atoms. The number of hydrogen-bond donors (Lipinski definition) is 2. The maximum atomic E-state index is 14.0. The fourth-order valence-corrected chi connectivity index (χ4v) is 3.74. The van der Waals surface area contributed by atoms with Gasteiger partial charge >= 0.3 is 0 Å². The minimum atomic E-state index is -3.77. The Morgan fingerprint density at radius 2 is 1.96 bits per heavy atom. The molecule has 0 saturated carbocycles. The quantitative estimate of drug-likeness (QED) is 0.740. The Morgan fingerprint density at radius 3 is 2.60 bits per heavy atom. The summed E-state index contributed by atoms with van der Waals surface area (Å²) < 4.78 is 41.3. The van der Waals surface area contributed by atoms with Crippen LogP contribution in [0.25, 0.3) is 0 Å². The lowest BCUT2D eigenvalue weighted by molar-refractivity contribution is 0.0935. The van der Waals surface area contributed by atoms with Crippen LogP contribution in [-0.4, -0.2) is 20.9 Å². The van der Waals surface area contributed by atoms with Crippen LogP contribution in [0.15, 0.2) is 51.8 Å². The van der Waals surface area contributed by atoms with Crippen LogP contribution in [0, 0.1) is 5.82 Å². The van der Waals surface area contributed by atoms with E-state index in [4.69, 9.17) is 0 Å². The second-order valence-corrected chi connectivity index (χ2v) is 8.08. The molecule has 0 aliphatic rings. The van der Waals surface area contributed by atoms with Gasteiger partial charge in [0.25, 0.3) is 5.91 Å². The number of amides is 1. The molecule has 0 spiro atoms. The molecule has 2 rings (SSSR count). The molecule has 1 atom stereocenters. The monoisotopic (exact) mass is 428 g/mol. The molecule has 2 aromatic carbocycles. The van der Waals surface area contributed by atoms with Gasteiger partial charge in [-0.05, 0) is 42.8 Å². The fourth-order valence-electron chi connectivity index (χ4n) is 2.25. The summed E-state index contributed by atoms with van der Waals surface area (Å²) in [6.45, 7) is 3.59. The lowest BCUT2D eigenvalue weighted by Gasteiger charge is -2.15. The maximum Gasteiger partial charge on any atom is 0.254 e. The lowest BCUT2D eigenvalue weighted by Crippen LogP contribution is -2.28. The molecule has 0 saturated heterocycles. The van der Waals surface area contributed by atoms with Crippen LogP contribution in [0.3, 0.4) is 0 Å². The Balaban J connectivity index is 2.27. The number of nitrogens with one attached hydrogen (secondary N) is 2. The van der Waals surface area contributed by atoms with Crippen molar-refractivity contribution < 1.29 is 17.6 Å². The zero-order valence-electron chi connectivity index (χ0n) is 13.7. The SMILES string of the molecule is CCNS(=O)(=O)c1ccc(F)c(C(=O)NC(C)c2cccc(Br)c2)c1. The first-order valence-electron chi connectivity index (χ1n) is 7.60. The van der Waals surface area contributed by atoms with Crippen LogP contribution in [0.5, 0.6) is 0 Å². The summed E-state index contributed by atoms with van der Waals surface area (Å²) in [6.07, 6.45) is 0. The van der Waals surface area contributed by atoms with Crippen molar-refractivity contribution in [2.24, 2.45) is 0 Å². The molecule has 1 unspecified atom stereocenters. The number of benzene rings is 2. The first-order chi connectivity index (χ1) is 11.7. The summed E-state index contributed by atoms with van der Waals surface area (Å²) in [5.41, 5.74) is 0.514. The number of hydrogen-bond acceptors (Lipinski definition) is 3. The minimum absolute atomic E-state index is 0.156. The van der Waals surface area contributed by atoms with Gasteiger partial charge in [0.15, 0.2) is 0 Å². The normalized spacial score (nSPS) is 12.6. The summed E-state index contributed by atoms with van der Waals surface area (Å²) >= 11 is 3.35. The third kappa shape index (κ3) is 4.87. The van der Waals surface area contributed by atoms with Crippen molar-refractivity contribution in [1.82, 2.24) is 10.0 Å². The second kappa shape index (κ2) is 8.07. The molecule has 0 aliphatic carbocycles. The van der Waals surface area contributed by atoms with Crippen molar-refractivity contribution in [3.63, 3.8) is 0 Å². The van der Waals surface area contributed by atoms with E-state index >= 15 is 0 Å². The van der Waals surface area contributed by atoms with Gasteiger partial charge < -0.3 is 5.32 Å². The molecule has 0 aliphatic heterocycles. The van der Waals surface area contributed by atoms with Crippen LogP contribution < -0.4 is 10.0 Å². The zero-order valence-corrected chi connectivity index (χ0v) is 16.1. The maximum absolute atomic E-state index is 14.0. The van der Waals surface area contributed by atoms with Crippen LogP contribution in [0.2, 0.25) is 0 Å². The van der Waals surface area contributed by atoms with Gasteiger partial charge in [-0.1, -0.05) is 35.0 Å². The van der Waals surface area contributed by atoms with E-state index in [2.05, 4.69) is 26.0 Å². The molecule has 8 heteroatoms. The van der Waals surface area contributed by atoms with Gasteiger partial charge in [0.05, 0.1) is 16.5 Å². The summed E-state index contributed by atoms with van der Waals surface area (Å²) in [6, 6.07) is 10.1. The predicted molar refractivity (Wildman–Crippen MR) is 97.3 cm³/mol. The zero-order chi connectivity index (χ0) is 18.6. The van der Waals surface area contributed by atoms with Crippen molar-refractivity contribution in [2.75, 3.05) is 6.54 Å². The van der Waals surface area contributed by atoms with E-state index in [1.807, 2.05) is 24.3 Å². The summed E-state index contributed by atoms with van der Waals surface area (Å²) in [5, 5.41) is 2.68. The Kier molecular flexibility index (Phi) is 6.31. The number of rotatable bonds is 6. The van der Waals surface area contributed by atoms with Crippen molar-refractivity contribution in [3.8, 4) is 0 Å². The van der Waals surface area contributed by atoms with Crippen molar-refractivity contribution in [2.45, 2.75) is 24.8 Å². The van der Waals surface area contributed by atoms with Crippen molar-refractivity contribution in [1.29, 1.82) is 0 Å². The molecule has 0 aromatic heterocycles. The highest BCUT2D eigenvalue weighted by molar-refractivity contribution is 9.10. The molecule has 25 heavy (non-hydrogen) atoms. The van der Waals surface area contributed by atoms with Crippen molar-refractivity contribution >= 4 is 31.9 Å². The predicted octanol–water partition coefficient (Wildman–Crippen LogP) is 3.38. The van der Waals surface area contributed by atoms with Crippen LogP contribution in [0.4, 0.5) is 4.39 Å². The Hall–Kier alpha value is -1.77. The van der Waals surface area contributed by atoms with Gasteiger partial charge in [0.1, 0.15) is 5.82 Å². The summed E-state index contributed by atoms with van der Waals surface area (Å²) in [4.78, 5) is 12.2. The van der Waals surface area contributed by atoms with E-state index in [0.29, 0.717) is 0 Å². The van der Waals surface area contributed by atoms with Crippen LogP contribution in [0.1, 0.15) is 35.8 Å². The third-order valence-electron chi connectivity index (χ3n) is 3.52. The van der Waals surface area contributed by atoms with E-state index in [9.17, 15) is 17.6 Å². The number of carbonyl (C=O) groups excluding carboxylic acids is 1. The van der Waals surface area contributed by atoms with E-state index in [1.54, 1.807) is 13.8 Å². The van der Waals surface area contributed by atoms with E-state index in [-0.39, 0.29) is 23.0 Å². The van der Waals surface area contributed by atoms with Gasteiger partial charge in [-0.3, -0.25) is 4.79 Å². The van der Waals surface area contributed by atoms with Crippen molar-refractivity contribution in [3.05, 3.63) is 63.9 Å². The molecule has 5 nitrogen and oxygen atoms in total. The minimum Gasteiger partial charge on any atom is -0.345 e. The molecule has 2 aromatic rings. The molecular formula is C17H18BrFN2O3S. The average Bonchev–Trinajstić information content (AvgIpc) is 2.54. The standard InChI is InChI=1S/C17H18BrFN2O3S/c1-3-20-25(23,24)14-7-8-16(19)15(10-14)17(22)21-11(2)12-5-4-6-13(18)9-12/h4-11,20H,3H2,1-2H3,(H,21,22). The molecule has 0 fully saturated rings. The number of carbonyl (C=O) groups is 1. The number of sulfonamides is 1. The topological polar surface area (TPSA) is 75.3 Å². The van der Waals surface area contributed by atoms with E-state index in [1.165, 1.54) is 0 Å². The van der Waals surface area contributed by atoms with Gasteiger partial charge in [-0.25, -0.2) is 17.5 Å². The highest BCUT2D eigenvalue weighted by Gasteiger charge is 2.20. The highest BCUT2D eigenvalue weighted by Crippen LogP contribution is 2.20. The van der Waals surface area contributed by atoms with Crippen LogP contribution in [-0.2, 0) is 10.0 Å². The highest BCUT2D eigenvalue weighted by atomic mass is 79.9. The molecule has 0 heterocycles. The first kappa shape index (κ1) is 19.6. The molecule has 1 amide bonds. The van der Waals surface area contributed by atoms with E-state index in [0.717, 1.165) is 28.2 Å². The van der Waals surface area contributed by atoms with Gasteiger partial charge in [0.2, 0.25) is 10.0 Å². The third-order valence-corrected chi connectivity index (χ3v) is 5.56. The van der Waals surface area contributed by atoms with E-state index < -0.39 is 21.7 Å². The first-order valence-corrected chi connectivity index (χ1v) is 9.87. The molecular weight excluding hydrogens is 411 g/mol. The summed E-state index contributed by atoms with van der Waals surface area (Å²) in [5.74, 6) is -1.46. The molecule has 2 N–H and O–H groups in total. The smallest absolute Gasteiger partial charge is 0.254 e.